The van der Waals surface area contributed by atoms with Crippen molar-refractivity contribution in [1.82, 2.24) is 4.90 Å². The first kappa shape index (κ1) is 17.4. The van der Waals surface area contributed by atoms with E-state index in [0.29, 0.717) is 10.2 Å². The Hall–Kier alpha value is -1.67. The Morgan fingerprint density at radius 2 is 2.14 bits per heavy atom. The van der Waals surface area contributed by atoms with Crippen LogP contribution in [0.25, 0.3) is 0 Å². The van der Waals surface area contributed by atoms with Crippen molar-refractivity contribution in [1.29, 1.82) is 0 Å². The molecule has 0 bridgehead atoms. The minimum absolute atomic E-state index is 0.148. The van der Waals surface area contributed by atoms with E-state index in [0.717, 1.165) is 4.90 Å². The molecule has 0 spiro atoms. The van der Waals surface area contributed by atoms with Gasteiger partial charge in [-0.15, -0.1) is 0 Å². The lowest BCUT2D eigenvalue weighted by Crippen LogP contribution is -2.40. The predicted octanol–water partition coefficient (Wildman–Crippen LogP) is 1.53. The van der Waals surface area contributed by atoms with Gasteiger partial charge in [-0.2, -0.15) is 0 Å². The first-order chi connectivity index (χ1) is 9.93. The van der Waals surface area contributed by atoms with Crippen LogP contribution < -0.4 is 4.74 Å². The highest BCUT2D eigenvalue weighted by molar-refractivity contribution is 9.10. The Kier molecular flexibility index (Phi) is 7.10. The van der Waals surface area contributed by atoms with Gasteiger partial charge in [0.2, 0.25) is 0 Å². The summed E-state index contributed by atoms with van der Waals surface area (Å²) in [6.07, 6.45) is 0. The van der Waals surface area contributed by atoms with Gasteiger partial charge in [-0.25, -0.2) is 4.39 Å². The Morgan fingerprint density at radius 3 is 2.71 bits per heavy atom. The van der Waals surface area contributed by atoms with E-state index in [1.165, 1.54) is 25.3 Å². The van der Waals surface area contributed by atoms with Crippen LogP contribution in [-0.4, -0.2) is 55.3 Å². The van der Waals surface area contributed by atoms with Gasteiger partial charge in [0.25, 0.3) is 5.91 Å². The molecule has 1 aromatic rings. The van der Waals surface area contributed by atoms with Crippen molar-refractivity contribution in [3.8, 4) is 5.75 Å². The van der Waals surface area contributed by atoms with Crippen molar-refractivity contribution in [2.24, 2.45) is 0 Å². The largest absolute Gasteiger partial charge is 0.483 e. The smallest absolute Gasteiger partial charge is 0.323 e. The molecule has 0 aliphatic heterocycles. The fourth-order valence-corrected chi connectivity index (χ4v) is 1.95. The molecule has 1 rings (SSSR count). The highest BCUT2D eigenvalue weighted by Crippen LogP contribution is 2.25. The molecule has 0 saturated heterocycles. The number of hydrogen-bond donors (Lipinski definition) is 1. The molecule has 1 N–H and O–H groups in total. The van der Waals surface area contributed by atoms with Crippen molar-refractivity contribution in [3.05, 3.63) is 28.5 Å². The second-order valence-electron chi connectivity index (χ2n) is 4.07. The molecule has 0 aliphatic rings. The molecular formula is C13H15BrFNO5. The van der Waals surface area contributed by atoms with Crippen LogP contribution in [0.2, 0.25) is 0 Å². The summed E-state index contributed by atoms with van der Waals surface area (Å²) in [5.41, 5.74) is 0. The minimum Gasteiger partial charge on any atom is -0.483 e. The molecule has 0 radical (unpaired) electrons. The molecule has 116 valence electrons. The third-order valence-electron chi connectivity index (χ3n) is 2.49. The van der Waals surface area contributed by atoms with E-state index in [9.17, 15) is 14.0 Å². The van der Waals surface area contributed by atoms with Gasteiger partial charge in [0.1, 0.15) is 18.1 Å². The average Bonchev–Trinajstić information content (AvgIpc) is 2.41. The van der Waals surface area contributed by atoms with Crippen LogP contribution in [0.4, 0.5) is 4.39 Å². The SMILES string of the molecule is COCCN(CC(=O)O)C(=O)COc1ccc(F)cc1Br. The molecular weight excluding hydrogens is 349 g/mol. The zero-order valence-electron chi connectivity index (χ0n) is 11.3. The van der Waals surface area contributed by atoms with Gasteiger partial charge in [0.15, 0.2) is 6.61 Å². The van der Waals surface area contributed by atoms with Crippen molar-refractivity contribution in [3.63, 3.8) is 0 Å². The van der Waals surface area contributed by atoms with E-state index in [1.807, 2.05) is 0 Å². The van der Waals surface area contributed by atoms with Gasteiger partial charge in [0.05, 0.1) is 11.1 Å². The number of halogens is 2. The summed E-state index contributed by atoms with van der Waals surface area (Å²) in [7, 11) is 1.45. The average molecular weight is 364 g/mol. The predicted molar refractivity (Wildman–Crippen MR) is 75.7 cm³/mol. The summed E-state index contributed by atoms with van der Waals surface area (Å²) in [6, 6.07) is 3.79. The molecule has 6 nitrogen and oxygen atoms in total. The maximum Gasteiger partial charge on any atom is 0.323 e. The van der Waals surface area contributed by atoms with E-state index in [-0.39, 0.29) is 19.8 Å². The highest BCUT2D eigenvalue weighted by Gasteiger charge is 2.17. The molecule has 0 aromatic heterocycles. The summed E-state index contributed by atoms with van der Waals surface area (Å²) < 4.78 is 23.4. The van der Waals surface area contributed by atoms with E-state index >= 15 is 0 Å². The van der Waals surface area contributed by atoms with Crippen molar-refractivity contribution < 1.29 is 28.6 Å². The summed E-state index contributed by atoms with van der Waals surface area (Å²) >= 11 is 3.11. The number of hydrogen-bond acceptors (Lipinski definition) is 4. The molecule has 0 heterocycles. The molecule has 1 amide bonds. The maximum absolute atomic E-state index is 12.9. The van der Waals surface area contributed by atoms with E-state index in [1.54, 1.807) is 0 Å². The summed E-state index contributed by atoms with van der Waals surface area (Å²) in [5, 5.41) is 8.77. The van der Waals surface area contributed by atoms with Crippen LogP contribution in [0.15, 0.2) is 22.7 Å². The second-order valence-corrected chi connectivity index (χ2v) is 4.92. The number of benzene rings is 1. The number of rotatable bonds is 8. The number of carboxylic acid groups (broad SMARTS) is 1. The summed E-state index contributed by atoms with van der Waals surface area (Å²) in [4.78, 5) is 23.8. The van der Waals surface area contributed by atoms with Crippen LogP contribution in [0.5, 0.6) is 5.75 Å². The molecule has 1 aromatic carbocycles. The maximum atomic E-state index is 12.9. The van der Waals surface area contributed by atoms with Gasteiger partial charge in [0, 0.05) is 13.7 Å². The van der Waals surface area contributed by atoms with E-state index in [2.05, 4.69) is 15.9 Å². The second kappa shape index (κ2) is 8.58. The molecule has 0 fully saturated rings. The number of nitrogens with zero attached hydrogens (tertiary/aromatic N) is 1. The standard InChI is InChI=1S/C13H15BrFNO5/c1-20-5-4-16(7-13(18)19)12(17)8-21-11-3-2-9(15)6-10(11)14/h2-3,6H,4-5,7-8H2,1H3,(H,18,19). The van der Waals surface area contributed by atoms with Crippen molar-refractivity contribution >= 4 is 27.8 Å². The molecule has 0 aliphatic carbocycles. The monoisotopic (exact) mass is 363 g/mol. The normalized spacial score (nSPS) is 10.2. The van der Waals surface area contributed by atoms with E-state index in [4.69, 9.17) is 14.6 Å². The number of carbonyl (C=O) groups excluding carboxylic acids is 1. The van der Waals surface area contributed by atoms with Crippen LogP contribution >= 0.6 is 15.9 Å². The molecule has 21 heavy (non-hydrogen) atoms. The first-order valence-electron chi connectivity index (χ1n) is 6.00. The molecule has 0 saturated carbocycles. The van der Waals surface area contributed by atoms with Gasteiger partial charge in [-0.1, -0.05) is 0 Å². The summed E-state index contributed by atoms with van der Waals surface area (Å²) in [6.45, 7) is -0.411. The molecule has 8 heteroatoms. The van der Waals surface area contributed by atoms with E-state index < -0.39 is 24.2 Å². The minimum atomic E-state index is -1.12. The van der Waals surface area contributed by atoms with Crippen LogP contribution in [0, 0.1) is 5.82 Å². The first-order valence-corrected chi connectivity index (χ1v) is 6.79. The number of aliphatic carboxylic acids is 1. The highest BCUT2D eigenvalue weighted by atomic mass is 79.9. The fraction of sp³-hybridized carbons (Fsp3) is 0.385. The van der Waals surface area contributed by atoms with Crippen LogP contribution in [0.1, 0.15) is 0 Å². The van der Waals surface area contributed by atoms with Crippen molar-refractivity contribution in [2.45, 2.75) is 0 Å². The Bertz CT molecular complexity index is 511. The third kappa shape index (κ3) is 6.09. The molecule has 0 unspecified atom stereocenters. The van der Waals surface area contributed by atoms with Gasteiger partial charge in [-0.05, 0) is 34.1 Å². The van der Waals surface area contributed by atoms with Crippen LogP contribution in [-0.2, 0) is 14.3 Å². The third-order valence-corrected chi connectivity index (χ3v) is 3.11. The topological polar surface area (TPSA) is 76.1 Å². The lowest BCUT2D eigenvalue weighted by atomic mass is 10.3. The lowest BCUT2D eigenvalue weighted by molar-refractivity contribution is -0.145. The number of methoxy groups -OCH3 is 1. The number of carboxylic acids is 1. The lowest BCUT2D eigenvalue weighted by Gasteiger charge is -2.20. The number of ether oxygens (including phenoxy) is 2. The fourth-order valence-electron chi connectivity index (χ4n) is 1.48. The number of carbonyl (C=O) groups is 2. The quantitative estimate of drug-likeness (QED) is 0.757. The van der Waals surface area contributed by atoms with Gasteiger partial charge >= 0.3 is 5.97 Å². The van der Waals surface area contributed by atoms with Gasteiger partial charge in [-0.3, -0.25) is 9.59 Å². The zero-order valence-corrected chi connectivity index (χ0v) is 12.9. The van der Waals surface area contributed by atoms with Gasteiger partial charge < -0.3 is 19.5 Å². The Labute approximate surface area is 129 Å². The van der Waals surface area contributed by atoms with Crippen LogP contribution in [0.3, 0.4) is 0 Å². The Balaban J connectivity index is 2.61. The zero-order chi connectivity index (χ0) is 15.8. The summed E-state index contributed by atoms with van der Waals surface area (Å²) in [5.74, 6) is -1.76. The van der Waals surface area contributed by atoms with Crippen molar-refractivity contribution in [2.75, 3.05) is 33.4 Å². The molecule has 0 atom stereocenters. The number of amides is 1. The Morgan fingerprint density at radius 1 is 1.43 bits per heavy atom.